The third-order valence-corrected chi connectivity index (χ3v) is 4.12. The van der Waals surface area contributed by atoms with Crippen LogP contribution in [0.3, 0.4) is 0 Å². The summed E-state index contributed by atoms with van der Waals surface area (Å²) in [7, 11) is 0. The highest BCUT2D eigenvalue weighted by Gasteiger charge is 2.12. The monoisotopic (exact) mass is 359 g/mol. The van der Waals surface area contributed by atoms with Gasteiger partial charge in [0.25, 0.3) is 11.8 Å². The van der Waals surface area contributed by atoms with Gasteiger partial charge in [0, 0.05) is 30.5 Å². The summed E-state index contributed by atoms with van der Waals surface area (Å²) in [6, 6.07) is 8.63. The molecule has 132 valence electrons. The Balaban J connectivity index is 1.79. The lowest BCUT2D eigenvalue weighted by Gasteiger charge is -2.11. The number of carbonyl (C=O) groups is 3. The molecule has 3 amide bonds. The van der Waals surface area contributed by atoms with Crippen molar-refractivity contribution >= 4 is 34.7 Å². The SMILES string of the molecule is CCNC(=O)c1ccccc1NC(=O)CCCNC(=O)c1ccsc1. The van der Waals surface area contributed by atoms with Gasteiger partial charge in [0.15, 0.2) is 0 Å². The number of hydrogen-bond donors (Lipinski definition) is 3. The molecule has 6 nitrogen and oxygen atoms in total. The van der Waals surface area contributed by atoms with Crippen LogP contribution in [0.25, 0.3) is 0 Å². The quantitative estimate of drug-likeness (QED) is 0.633. The Morgan fingerprint density at radius 2 is 1.84 bits per heavy atom. The Labute approximate surface area is 150 Å². The normalized spacial score (nSPS) is 10.1. The second-order valence-corrected chi connectivity index (χ2v) is 6.10. The van der Waals surface area contributed by atoms with Crippen molar-refractivity contribution in [2.75, 3.05) is 18.4 Å². The molecular weight excluding hydrogens is 338 g/mol. The van der Waals surface area contributed by atoms with Crippen LogP contribution in [0.15, 0.2) is 41.1 Å². The van der Waals surface area contributed by atoms with Crippen molar-refractivity contribution in [1.29, 1.82) is 0 Å². The zero-order chi connectivity index (χ0) is 18.1. The summed E-state index contributed by atoms with van der Waals surface area (Å²) in [5.41, 5.74) is 1.55. The maximum Gasteiger partial charge on any atom is 0.253 e. The van der Waals surface area contributed by atoms with Crippen LogP contribution in [0.2, 0.25) is 0 Å². The number of thiophene rings is 1. The van der Waals surface area contributed by atoms with Crippen LogP contribution in [0, 0.1) is 0 Å². The Morgan fingerprint density at radius 3 is 2.56 bits per heavy atom. The summed E-state index contributed by atoms with van der Waals surface area (Å²) in [6.45, 7) is 2.77. The molecule has 0 fully saturated rings. The summed E-state index contributed by atoms with van der Waals surface area (Å²) < 4.78 is 0. The zero-order valence-electron chi connectivity index (χ0n) is 14.0. The Hall–Kier alpha value is -2.67. The van der Waals surface area contributed by atoms with E-state index < -0.39 is 0 Å². The molecule has 0 aliphatic carbocycles. The van der Waals surface area contributed by atoms with Crippen LogP contribution >= 0.6 is 11.3 Å². The van der Waals surface area contributed by atoms with Crippen molar-refractivity contribution in [2.45, 2.75) is 19.8 Å². The summed E-state index contributed by atoms with van der Waals surface area (Å²) in [6.07, 6.45) is 0.776. The van der Waals surface area contributed by atoms with E-state index in [9.17, 15) is 14.4 Å². The van der Waals surface area contributed by atoms with E-state index in [1.807, 2.05) is 12.3 Å². The van der Waals surface area contributed by atoms with Crippen LogP contribution in [0.1, 0.15) is 40.5 Å². The Morgan fingerprint density at radius 1 is 1.04 bits per heavy atom. The first-order valence-corrected chi connectivity index (χ1v) is 9.03. The molecule has 0 bridgehead atoms. The van der Waals surface area contributed by atoms with Gasteiger partial charge < -0.3 is 16.0 Å². The van der Waals surface area contributed by atoms with E-state index in [0.717, 1.165) is 0 Å². The van der Waals surface area contributed by atoms with Gasteiger partial charge in [-0.3, -0.25) is 14.4 Å². The smallest absolute Gasteiger partial charge is 0.253 e. The van der Waals surface area contributed by atoms with Crippen molar-refractivity contribution in [3.63, 3.8) is 0 Å². The lowest BCUT2D eigenvalue weighted by atomic mass is 10.1. The number of anilines is 1. The lowest BCUT2D eigenvalue weighted by Crippen LogP contribution is -2.26. The number of para-hydroxylation sites is 1. The number of benzene rings is 1. The highest BCUT2D eigenvalue weighted by molar-refractivity contribution is 7.08. The van der Waals surface area contributed by atoms with Gasteiger partial charge in [0.2, 0.25) is 5.91 Å². The molecule has 0 saturated heterocycles. The predicted molar refractivity (Wildman–Crippen MR) is 99.0 cm³/mol. The number of nitrogens with one attached hydrogen (secondary N) is 3. The summed E-state index contributed by atoms with van der Waals surface area (Å²) >= 11 is 1.46. The number of rotatable bonds is 8. The van der Waals surface area contributed by atoms with E-state index in [4.69, 9.17) is 0 Å². The molecule has 0 unspecified atom stereocenters. The first kappa shape index (κ1) is 18.7. The van der Waals surface area contributed by atoms with Crippen molar-refractivity contribution in [1.82, 2.24) is 10.6 Å². The standard InChI is InChI=1S/C18H21N3O3S/c1-2-19-18(24)14-6-3-4-7-15(14)21-16(22)8-5-10-20-17(23)13-9-11-25-12-13/h3-4,6-7,9,11-12H,2,5,8,10H2,1H3,(H,19,24)(H,20,23)(H,21,22). The first-order chi connectivity index (χ1) is 12.1. The molecule has 0 saturated carbocycles. The maximum absolute atomic E-state index is 12.1. The molecule has 0 aliphatic heterocycles. The van der Waals surface area contributed by atoms with E-state index >= 15 is 0 Å². The van der Waals surface area contributed by atoms with E-state index in [1.165, 1.54) is 11.3 Å². The average molecular weight is 359 g/mol. The molecule has 0 spiro atoms. The van der Waals surface area contributed by atoms with Crippen molar-refractivity contribution in [3.05, 3.63) is 52.2 Å². The van der Waals surface area contributed by atoms with Crippen LogP contribution in [0.4, 0.5) is 5.69 Å². The van der Waals surface area contributed by atoms with Gasteiger partial charge in [-0.2, -0.15) is 11.3 Å². The van der Waals surface area contributed by atoms with Gasteiger partial charge in [0.05, 0.1) is 11.3 Å². The minimum absolute atomic E-state index is 0.136. The molecule has 25 heavy (non-hydrogen) atoms. The third kappa shape index (κ3) is 5.72. The van der Waals surface area contributed by atoms with E-state index in [0.29, 0.717) is 36.3 Å². The average Bonchev–Trinajstić information content (AvgIpc) is 3.14. The summed E-state index contributed by atoms with van der Waals surface area (Å²) in [5, 5.41) is 11.9. The van der Waals surface area contributed by atoms with Gasteiger partial charge in [-0.15, -0.1) is 0 Å². The number of hydrogen-bond acceptors (Lipinski definition) is 4. The van der Waals surface area contributed by atoms with Crippen molar-refractivity contribution in [2.24, 2.45) is 0 Å². The maximum atomic E-state index is 12.1. The Kier molecular flexibility index (Phi) is 7.16. The Bertz CT molecular complexity index is 729. The molecule has 2 rings (SSSR count). The van der Waals surface area contributed by atoms with Crippen LogP contribution in [0.5, 0.6) is 0 Å². The van der Waals surface area contributed by atoms with Crippen LogP contribution in [-0.2, 0) is 4.79 Å². The molecule has 0 atom stereocenters. The molecule has 1 aromatic carbocycles. The zero-order valence-corrected chi connectivity index (χ0v) is 14.8. The highest BCUT2D eigenvalue weighted by Crippen LogP contribution is 2.15. The fourth-order valence-electron chi connectivity index (χ4n) is 2.21. The molecule has 7 heteroatoms. The van der Waals surface area contributed by atoms with E-state index in [-0.39, 0.29) is 24.1 Å². The second kappa shape index (κ2) is 9.58. The minimum atomic E-state index is -0.221. The van der Waals surface area contributed by atoms with Gasteiger partial charge in [-0.05, 0) is 36.9 Å². The predicted octanol–water partition coefficient (Wildman–Crippen LogP) is 2.65. The van der Waals surface area contributed by atoms with Gasteiger partial charge in [-0.25, -0.2) is 0 Å². The molecular formula is C18H21N3O3S. The van der Waals surface area contributed by atoms with E-state index in [2.05, 4.69) is 16.0 Å². The topological polar surface area (TPSA) is 87.3 Å². The van der Waals surface area contributed by atoms with Crippen molar-refractivity contribution in [3.8, 4) is 0 Å². The third-order valence-electron chi connectivity index (χ3n) is 3.43. The number of carbonyl (C=O) groups excluding carboxylic acids is 3. The van der Waals surface area contributed by atoms with Crippen LogP contribution in [-0.4, -0.2) is 30.8 Å². The fourth-order valence-corrected chi connectivity index (χ4v) is 2.84. The second-order valence-electron chi connectivity index (χ2n) is 5.32. The highest BCUT2D eigenvalue weighted by atomic mass is 32.1. The molecule has 1 heterocycles. The molecule has 1 aromatic heterocycles. The first-order valence-electron chi connectivity index (χ1n) is 8.09. The van der Waals surface area contributed by atoms with Crippen LogP contribution < -0.4 is 16.0 Å². The van der Waals surface area contributed by atoms with E-state index in [1.54, 1.807) is 35.7 Å². The molecule has 0 aliphatic rings. The van der Waals surface area contributed by atoms with Gasteiger partial charge >= 0.3 is 0 Å². The molecule has 3 N–H and O–H groups in total. The van der Waals surface area contributed by atoms with Crippen molar-refractivity contribution < 1.29 is 14.4 Å². The lowest BCUT2D eigenvalue weighted by molar-refractivity contribution is -0.116. The minimum Gasteiger partial charge on any atom is -0.352 e. The summed E-state index contributed by atoms with van der Waals surface area (Å²) in [4.78, 5) is 35.8. The number of amides is 3. The van der Waals surface area contributed by atoms with Gasteiger partial charge in [-0.1, -0.05) is 12.1 Å². The fraction of sp³-hybridized carbons (Fsp3) is 0.278. The van der Waals surface area contributed by atoms with Gasteiger partial charge in [0.1, 0.15) is 0 Å². The molecule has 0 radical (unpaired) electrons. The summed E-state index contributed by atoms with van der Waals surface area (Å²) in [5.74, 6) is -0.550. The molecule has 2 aromatic rings. The largest absolute Gasteiger partial charge is 0.352 e.